The summed E-state index contributed by atoms with van der Waals surface area (Å²) in [6.45, 7) is 0.455. The lowest BCUT2D eigenvalue weighted by atomic mass is 10.3. The molecule has 1 saturated heterocycles. The Balaban J connectivity index is 1.92. The molecular weight excluding hydrogens is 314 g/mol. The molecule has 16 heavy (non-hydrogen) atoms. The van der Waals surface area contributed by atoms with Gasteiger partial charge in [0.15, 0.2) is 0 Å². The van der Waals surface area contributed by atoms with Crippen molar-refractivity contribution in [3.8, 4) is 5.75 Å². The Hall–Kier alpha value is -0.390. The quantitative estimate of drug-likeness (QED) is 0.930. The average molecular weight is 323 g/mol. The van der Waals surface area contributed by atoms with Gasteiger partial charge in [0.2, 0.25) is 5.91 Å². The molecule has 86 valence electrons. The van der Waals surface area contributed by atoms with E-state index in [1.165, 1.54) is 0 Å². The second kappa shape index (κ2) is 5.29. The second-order valence-corrected chi connectivity index (χ2v) is 5.73. The molecule has 3 nitrogen and oxygen atoms in total. The zero-order valence-electron chi connectivity index (χ0n) is 8.20. The predicted octanol–water partition coefficient (Wildman–Crippen LogP) is 2.67. The van der Waals surface area contributed by atoms with Gasteiger partial charge in [0, 0.05) is 5.02 Å². The lowest BCUT2D eigenvalue weighted by molar-refractivity contribution is -0.118. The fraction of sp³-hybridized carbons (Fsp3) is 0.300. The third-order valence-electron chi connectivity index (χ3n) is 2.02. The van der Waals surface area contributed by atoms with Crippen LogP contribution in [0.5, 0.6) is 5.75 Å². The number of amides is 1. The molecule has 1 N–H and O–H groups in total. The highest BCUT2D eigenvalue weighted by molar-refractivity contribution is 9.10. The van der Waals surface area contributed by atoms with E-state index in [-0.39, 0.29) is 11.3 Å². The van der Waals surface area contributed by atoms with Crippen LogP contribution in [-0.2, 0) is 4.79 Å². The summed E-state index contributed by atoms with van der Waals surface area (Å²) in [7, 11) is 0. The van der Waals surface area contributed by atoms with Gasteiger partial charge in [0.25, 0.3) is 0 Å². The van der Waals surface area contributed by atoms with Crippen LogP contribution in [0.4, 0.5) is 0 Å². The SMILES string of the molecule is O=C1CSC(COc2ccc(Cl)cc2Br)N1. The van der Waals surface area contributed by atoms with Crippen LogP contribution in [0.2, 0.25) is 5.02 Å². The van der Waals surface area contributed by atoms with E-state index in [9.17, 15) is 4.79 Å². The lowest BCUT2D eigenvalue weighted by Gasteiger charge is -2.12. The van der Waals surface area contributed by atoms with Crippen molar-refractivity contribution in [2.24, 2.45) is 0 Å². The van der Waals surface area contributed by atoms with E-state index in [1.54, 1.807) is 30.0 Å². The topological polar surface area (TPSA) is 38.3 Å². The van der Waals surface area contributed by atoms with Gasteiger partial charge in [-0.15, -0.1) is 11.8 Å². The molecule has 2 rings (SSSR count). The lowest BCUT2D eigenvalue weighted by Crippen LogP contribution is -2.29. The van der Waals surface area contributed by atoms with E-state index in [0.29, 0.717) is 17.4 Å². The number of hydrogen-bond acceptors (Lipinski definition) is 3. The molecule has 0 radical (unpaired) electrons. The average Bonchev–Trinajstić information content (AvgIpc) is 2.63. The summed E-state index contributed by atoms with van der Waals surface area (Å²) in [4.78, 5) is 11.0. The molecule has 6 heteroatoms. The van der Waals surface area contributed by atoms with Gasteiger partial charge in [-0.1, -0.05) is 11.6 Å². The van der Waals surface area contributed by atoms with Crippen LogP contribution in [-0.4, -0.2) is 23.6 Å². The number of hydrogen-bond donors (Lipinski definition) is 1. The Morgan fingerprint density at radius 3 is 3.06 bits per heavy atom. The summed E-state index contributed by atoms with van der Waals surface area (Å²) in [6, 6.07) is 5.34. The maximum atomic E-state index is 11.0. The standard InChI is InChI=1S/C10H9BrClNO2S/c11-7-3-6(12)1-2-8(7)15-4-10-13-9(14)5-16-10/h1-3,10H,4-5H2,(H,13,14). The zero-order chi connectivity index (χ0) is 11.5. The highest BCUT2D eigenvalue weighted by Gasteiger charge is 2.21. The first-order valence-electron chi connectivity index (χ1n) is 4.64. The molecular formula is C10H9BrClNO2S. The summed E-state index contributed by atoms with van der Waals surface area (Å²) < 4.78 is 6.40. The van der Waals surface area contributed by atoms with E-state index in [1.807, 2.05) is 0 Å². The van der Waals surface area contributed by atoms with Gasteiger partial charge in [-0.3, -0.25) is 4.79 Å². The third kappa shape index (κ3) is 3.06. The fourth-order valence-electron chi connectivity index (χ4n) is 1.29. The smallest absolute Gasteiger partial charge is 0.231 e. The molecule has 1 amide bonds. The summed E-state index contributed by atoms with van der Waals surface area (Å²) in [5.74, 6) is 1.30. The third-order valence-corrected chi connectivity index (χ3v) is 3.96. The van der Waals surface area contributed by atoms with Crippen molar-refractivity contribution in [1.82, 2.24) is 5.32 Å². The molecule has 1 unspecified atom stereocenters. The Morgan fingerprint density at radius 2 is 2.44 bits per heavy atom. The molecule has 1 fully saturated rings. The number of ether oxygens (including phenoxy) is 1. The summed E-state index contributed by atoms with van der Waals surface area (Å²) in [6.07, 6.45) is 0. The molecule has 0 bridgehead atoms. The van der Waals surface area contributed by atoms with Crippen LogP contribution in [0.25, 0.3) is 0 Å². The molecule has 0 aromatic heterocycles. The van der Waals surface area contributed by atoms with Gasteiger partial charge in [-0.2, -0.15) is 0 Å². The van der Waals surface area contributed by atoms with Crippen molar-refractivity contribution in [1.29, 1.82) is 0 Å². The molecule has 0 saturated carbocycles. The summed E-state index contributed by atoms with van der Waals surface area (Å²) in [5.41, 5.74) is 0. The normalized spacial score (nSPS) is 19.6. The van der Waals surface area contributed by atoms with Crippen LogP contribution >= 0.6 is 39.3 Å². The van der Waals surface area contributed by atoms with Crippen LogP contribution in [0.15, 0.2) is 22.7 Å². The largest absolute Gasteiger partial charge is 0.489 e. The maximum absolute atomic E-state index is 11.0. The first-order chi connectivity index (χ1) is 7.65. The van der Waals surface area contributed by atoms with Crippen molar-refractivity contribution in [3.63, 3.8) is 0 Å². The minimum atomic E-state index is 0.0371. The van der Waals surface area contributed by atoms with Crippen molar-refractivity contribution in [2.45, 2.75) is 5.37 Å². The molecule has 1 heterocycles. The summed E-state index contributed by atoms with van der Waals surface area (Å²) in [5, 5.41) is 3.51. The monoisotopic (exact) mass is 321 g/mol. The summed E-state index contributed by atoms with van der Waals surface area (Å²) >= 11 is 10.7. The van der Waals surface area contributed by atoms with E-state index in [0.717, 1.165) is 10.2 Å². The number of rotatable bonds is 3. The van der Waals surface area contributed by atoms with Crippen LogP contribution < -0.4 is 10.1 Å². The van der Waals surface area contributed by atoms with E-state index < -0.39 is 0 Å². The predicted molar refractivity (Wildman–Crippen MR) is 69.0 cm³/mol. The maximum Gasteiger partial charge on any atom is 0.231 e. The van der Waals surface area contributed by atoms with Crippen LogP contribution in [0.1, 0.15) is 0 Å². The van der Waals surface area contributed by atoms with Crippen LogP contribution in [0, 0.1) is 0 Å². The number of nitrogens with one attached hydrogen (secondary N) is 1. The molecule has 1 aliphatic heterocycles. The van der Waals surface area contributed by atoms with E-state index in [2.05, 4.69) is 21.2 Å². The van der Waals surface area contributed by atoms with Crippen molar-refractivity contribution >= 4 is 45.2 Å². The molecule has 1 atom stereocenters. The van der Waals surface area contributed by atoms with Crippen molar-refractivity contribution < 1.29 is 9.53 Å². The Labute approximate surface area is 111 Å². The van der Waals surface area contributed by atoms with Crippen molar-refractivity contribution in [2.75, 3.05) is 12.4 Å². The Kier molecular flexibility index (Phi) is 4.00. The number of thioether (sulfide) groups is 1. The molecule has 0 aliphatic carbocycles. The van der Waals surface area contributed by atoms with Gasteiger partial charge in [-0.25, -0.2) is 0 Å². The fourth-order valence-corrected chi connectivity index (χ4v) is 2.90. The molecule has 0 spiro atoms. The first kappa shape index (κ1) is 12.1. The number of carbonyl (C=O) groups excluding carboxylic acids is 1. The van der Waals surface area contributed by atoms with E-state index >= 15 is 0 Å². The Morgan fingerprint density at radius 1 is 1.62 bits per heavy atom. The van der Waals surface area contributed by atoms with Crippen LogP contribution in [0.3, 0.4) is 0 Å². The Bertz CT molecular complexity index is 416. The highest BCUT2D eigenvalue weighted by Crippen LogP contribution is 2.28. The van der Waals surface area contributed by atoms with Gasteiger partial charge in [0.1, 0.15) is 17.7 Å². The second-order valence-electron chi connectivity index (χ2n) is 3.25. The molecule has 1 aliphatic rings. The minimum Gasteiger partial charge on any atom is -0.489 e. The molecule has 1 aromatic rings. The molecule has 1 aromatic carbocycles. The highest BCUT2D eigenvalue weighted by atomic mass is 79.9. The number of halogens is 2. The van der Waals surface area contributed by atoms with Gasteiger partial charge >= 0.3 is 0 Å². The van der Waals surface area contributed by atoms with Gasteiger partial charge in [0.05, 0.1) is 10.2 Å². The minimum absolute atomic E-state index is 0.0371. The zero-order valence-corrected chi connectivity index (χ0v) is 11.4. The number of benzene rings is 1. The first-order valence-corrected chi connectivity index (χ1v) is 6.86. The van der Waals surface area contributed by atoms with Crippen molar-refractivity contribution in [3.05, 3.63) is 27.7 Å². The number of carbonyl (C=O) groups is 1. The van der Waals surface area contributed by atoms with Gasteiger partial charge in [-0.05, 0) is 34.1 Å². The van der Waals surface area contributed by atoms with E-state index in [4.69, 9.17) is 16.3 Å². The van der Waals surface area contributed by atoms with Gasteiger partial charge < -0.3 is 10.1 Å².